The molecule has 13 heavy (non-hydrogen) atoms. The Hall–Kier alpha value is -0.120. The summed E-state index contributed by atoms with van der Waals surface area (Å²) in [5.41, 5.74) is 5.76. The lowest BCUT2D eigenvalue weighted by Gasteiger charge is -2.21. The summed E-state index contributed by atoms with van der Waals surface area (Å²) < 4.78 is 5.48. The van der Waals surface area contributed by atoms with Crippen LogP contribution in [0.25, 0.3) is 0 Å². The van der Waals surface area contributed by atoms with Crippen molar-refractivity contribution in [2.45, 2.75) is 45.8 Å². The van der Waals surface area contributed by atoms with Crippen LogP contribution in [0.15, 0.2) is 0 Å². The van der Waals surface area contributed by atoms with E-state index in [-0.39, 0.29) is 18.8 Å². The van der Waals surface area contributed by atoms with Crippen molar-refractivity contribution in [1.29, 1.82) is 0 Å². The number of hydrogen-bond acceptors (Lipinski definition) is 3. The second-order valence-corrected chi connectivity index (χ2v) is 3.85. The molecule has 0 saturated carbocycles. The molecular formula is C10H23NO2. The van der Waals surface area contributed by atoms with Gasteiger partial charge in [0.05, 0.1) is 12.7 Å². The minimum Gasteiger partial charge on any atom is -0.394 e. The zero-order valence-corrected chi connectivity index (χ0v) is 8.99. The highest BCUT2D eigenvalue weighted by atomic mass is 16.5. The van der Waals surface area contributed by atoms with Crippen LogP contribution in [0.2, 0.25) is 0 Å². The lowest BCUT2D eigenvalue weighted by atomic mass is 10.1. The molecule has 0 fully saturated rings. The zero-order chi connectivity index (χ0) is 10.3. The molecule has 2 atom stereocenters. The molecule has 3 heteroatoms. The first-order chi connectivity index (χ1) is 6.11. The van der Waals surface area contributed by atoms with Gasteiger partial charge in [-0.25, -0.2) is 0 Å². The lowest BCUT2D eigenvalue weighted by molar-refractivity contribution is -0.00704. The quantitative estimate of drug-likeness (QED) is 0.631. The van der Waals surface area contributed by atoms with Gasteiger partial charge in [0, 0.05) is 12.6 Å². The molecule has 2 unspecified atom stereocenters. The van der Waals surface area contributed by atoms with Crippen molar-refractivity contribution in [3.63, 3.8) is 0 Å². The number of aliphatic hydroxyl groups is 1. The minimum atomic E-state index is -0.191. The van der Waals surface area contributed by atoms with Crippen LogP contribution in [0.5, 0.6) is 0 Å². The number of rotatable bonds is 7. The van der Waals surface area contributed by atoms with Crippen LogP contribution in [0, 0.1) is 5.92 Å². The van der Waals surface area contributed by atoms with E-state index in [2.05, 4.69) is 13.8 Å². The van der Waals surface area contributed by atoms with Gasteiger partial charge in [-0.1, -0.05) is 20.8 Å². The predicted molar refractivity (Wildman–Crippen MR) is 54.5 cm³/mol. The van der Waals surface area contributed by atoms with Crippen LogP contribution in [-0.2, 0) is 4.74 Å². The van der Waals surface area contributed by atoms with Crippen molar-refractivity contribution in [1.82, 2.24) is 0 Å². The second-order valence-electron chi connectivity index (χ2n) is 3.85. The van der Waals surface area contributed by atoms with Crippen LogP contribution in [0.3, 0.4) is 0 Å². The Morgan fingerprint density at radius 2 is 2.00 bits per heavy atom. The van der Waals surface area contributed by atoms with Gasteiger partial charge in [-0.3, -0.25) is 0 Å². The van der Waals surface area contributed by atoms with E-state index in [1.807, 2.05) is 6.92 Å². The average molecular weight is 189 g/mol. The molecular weight excluding hydrogens is 166 g/mol. The summed E-state index contributed by atoms with van der Waals surface area (Å²) >= 11 is 0. The van der Waals surface area contributed by atoms with Crippen LogP contribution in [0.4, 0.5) is 0 Å². The average Bonchev–Trinajstić information content (AvgIpc) is 2.11. The summed E-state index contributed by atoms with van der Waals surface area (Å²) in [4.78, 5) is 0. The van der Waals surface area contributed by atoms with Gasteiger partial charge in [0.2, 0.25) is 0 Å². The maximum atomic E-state index is 8.99. The first kappa shape index (κ1) is 12.9. The maximum Gasteiger partial charge on any atom is 0.0955 e. The highest BCUT2D eigenvalue weighted by molar-refractivity contribution is 4.70. The van der Waals surface area contributed by atoms with E-state index in [1.165, 1.54) is 0 Å². The highest BCUT2D eigenvalue weighted by Gasteiger charge is 2.15. The Labute approximate surface area is 81.3 Å². The summed E-state index contributed by atoms with van der Waals surface area (Å²) in [6, 6.07) is -0.0443. The molecule has 0 saturated heterocycles. The predicted octanol–water partition coefficient (Wildman–Crippen LogP) is 1.15. The fourth-order valence-corrected chi connectivity index (χ4v) is 1.03. The smallest absolute Gasteiger partial charge is 0.0955 e. The van der Waals surface area contributed by atoms with Gasteiger partial charge in [-0.05, 0) is 18.8 Å². The topological polar surface area (TPSA) is 55.5 Å². The molecule has 80 valence electrons. The molecule has 0 aliphatic heterocycles. The van der Waals surface area contributed by atoms with E-state index >= 15 is 0 Å². The van der Waals surface area contributed by atoms with Gasteiger partial charge < -0.3 is 15.6 Å². The van der Waals surface area contributed by atoms with Crippen molar-refractivity contribution < 1.29 is 9.84 Å². The second kappa shape index (κ2) is 7.30. The molecule has 3 N–H and O–H groups in total. The number of aliphatic hydroxyl groups excluding tert-OH is 1. The normalized spacial score (nSPS) is 16.2. The van der Waals surface area contributed by atoms with Crippen molar-refractivity contribution in [3.8, 4) is 0 Å². The minimum absolute atomic E-state index is 0.0209. The molecule has 0 radical (unpaired) electrons. The summed E-state index contributed by atoms with van der Waals surface area (Å²) in [6.07, 6.45) is 1.67. The largest absolute Gasteiger partial charge is 0.394 e. The SMILES string of the molecule is CCC(N)C(CO)OCCC(C)C. The monoisotopic (exact) mass is 189 g/mol. The van der Waals surface area contributed by atoms with Gasteiger partial charge in [-0.15, -0.1) is 0 Å². The Morgan fingerprint density at radius 3 is 2.38 bits per heavy atom. The standard InChI is InChI=1S/C10H23NO2/c1-4-9(11)10(7-12)13-6-5-8(2)3/h8-10,12H,4-7,11H2,1-3H3. The molecule has 3 nitrogen and oxygen atoms in total. The number of ether oxygens (including phenoxy) is 1. The van der Waals surface area contributed by atoms with Crippen molar-refractivity contribution in [3.05, 3.63) is 0 Å². The molecule has 0 heterocycles. The third-order valence-corrected chi connectivity index (χ3v) is 2.16. The molecule has 0 aliphatic carbocycles. The molecule has 0 aliphatic rings. The van der Waals surface area contributed by atoms with Crippen LogP contribution >= 0.6 is 0 Å². The zero-order valence-electron chi connectivity index (χ0n) is 8.99. The van der Waals surface area contributed by atoms with E-state index in [0.29, 0.717) is 12.5 Å². The number of hydrogen-bond donors (Lipinski definition) is 2. The first-order valence-corrected chi connectivity index (χ1v) is 5.09. The molecule has 0 aromatic heterocycles. The molecule has 0 spiro atoms. The van der Waals surface area contributed by atoms with Crippen LogP contribution in [0.1, 0.15) is 33.6 Å². The maximum absolute atomic E-state index is 8.99. The number of nitrogens with two attached hydrogens (primary N) is 1. The van der Waals surface area contributed by atoms with Crippen molar-refractivity contribution >= 4 is 0 Å². The van der Waals surface area contributed by atoms with Gasteiger partial charge >= 0.3 is 0 Å². The van der Waals surface area contributed by atoms with E-state index in [4.69, 9.17) is 15.6 Å². The summed E-state index contributed by atoms with van der Waals surface area (Å²) in [5, 5.41) is 8.99. The summed E-state index contributed by atoms with van der Waals surface area (Å²) in [6.45, 7) is 7.01. The van der Waals surface area contributed by atoms with E-state index < -0.39 is 0 Å². The third-order valence-electron chi connectivity index (χ3n) is 2.16. The molecule has 0 aromatic rings. The van der Waals surface area contributed by atoms with Gasteiger partial charge in [0.25, 0.3) is 0 Å². The van der Waals surface area contributed by atoms with Crippen LogP contribution in [-0.4, -0.2) is 30.5 Å². The Kier molecular flexibility index (Phi) is 7.23. The molecule has 0 bridgehead atoms. The molecule has 0 amide bonds. The first-order valence-electron chi connectivity index (χ1n) is 5.09. The van der Waals surface area contributed by atoms with E-state index in [1.54, 1.807) is 0 Å². The Bertz CT molecular complexity index is 117. The Balaban J connectivity index is 3.59. The van der Waals surface area contributed by atoms with Gasteiger partial charge in [-0.2, -0.15) is 0 Å². The molecule has 0 aromatic carbocycles. The Morgan fingerprint density at radius 1 is 1.38 bits per heavy atom. The third kappa shape index (κ3) is 6.02. The lowest BCUT2D eigenvalue weighted by Crippen LogP contribution is -2.39. The summed E-state index contributed by atoms with van der Waals surface area (Å²) in [7, 11) is 0. The summed E-state index contributed by atoms with van der Waals surface area (Å²) in [5.74, 6) is 0.636. The van der Waals surface area contributed by atoms with Gasteiger partial charge in [0.1, 0.15) is 0 Å². The van der Waals surface area contributed by atoms with Crippen molar-refractivity contribution in [2.24, 2.45) is 11.7 Å². The fraction of sp³-hybridized carbons (Fsp3) is 1.00. The molecule has 0 rings (SSSR count). The highest BCUT2D eigenvalue weighted by Crippen LogP contribution is 2.04. The van der Waals surface area contributed by atoms with E-state index in [0.717, 1.165) is 12.8 Å². The van der Waals surface area contributed by atoms with Crippen LogP contribution < -0.4 is 5.73 Å². The van der Waals surface area contributed by atoms with E-state index in [9.17, 15) is 0 Å². The fourth-order valence-electron chi connectivity index (χ4n) is 1.03. The van der Waals surface area contributed by atoms with Crippen molar-refractivity contribution in [2.75, 3.05) is 13.2 Å². The van der Waals surface area contributed by atoms with Gasteiger partial charge in [0.15, 0.2) is 0 Å².